The molecule has 0 bridgehead atoms. The lowest BCUT2D eigenvalue weighted by molar-refractivity contribution is 0.628. The van der Waals surface area contributed by atoms with Gasteiger partial charge < -0.3 is 8.98 Å². The lowest BCUT2D eigenvalue weighted by Crippen LogP contribution is -1.97. The Labute approximate surface area is 265 Å². The van der Waals surface area contributed by atoms with E-state index < -0.39 is 0 Å². The summed E-state index contributed by atoms with van der Waals surface area (Å²) in [4.78, 5) is 10.1. The molecule has 216 valence electrons. The van der Waals surface area contributed by atoms with Gasteiger partial charge in [0.25, 0.3) is 0 Å². The van der Waals surface area contributed by atoms with Crippen molar-refractivity contribution >= 4 is 32.8 Å². The van der Waals surface area contributed by atoms with E-state index in [2.05, 4.69) is 138 Å². The first-order chi connectivity index (χ1) is 22.8. The lowest BCUT2D eigenvalue weighted by atomic mass is 10.0. The summed E-state index contributed by atoms with van der Waals surface area (Å²) in [5, 5.41) is 3.53. The zero-order valence-electron chi connectivity index (χ0n) is 24.8. The molecule has 0 N–H and O–H groups in total. The molecule has 4 heteroatoms. The number of hydrogen-bond acceptors (Lipinski definition) is 3. The van der Waals surface area contributed by atoms with Crippen LogP contribution in [0.2, 0.25) is 0 Å². The highest BCUT2D eigenvalue weighted by atomic mass is 16.3. The molecule has 4 nitrogen and oxygen atoms in total. The van der Waals surface area contributed by atoms with Crippen LogP contribution in [0.4, 0.5) is 0 Å². The van der Waals surface area contributed by atoms with Crippen molar-refractivity contribution in [1.82, 2.24) is 14.5 Å². The summed E-state index contributed by atoms with van der Waals surface area (Å²) in [6.07, 6.45) is 0. The predicted octanol–water partition coefficient (Wildman–Crippen LogP) is 11.0. The van der Waals surface area contributed by atoms with Gasteiger partial charge in [0.05, 0.1) is 16.7 Å². The Bertz CT molecular complexity index is 2420. The van der Waals surface area contributed by atoms with Crippen LogP contribution >= 0.6 is 0 Å². The van der Waals surface area contributed by atoms with E-state index in [1.807, 2.05) is 30.3 Å². The van der Waals surface area contributed by atoms with Crippen molar-refractivity contribution in [3.63, 3.8) is 0 Å². The first-order valence-electron chi connectivity index (χ1n) is 15.4. The van der Waals surface area contributed by atoms with Crippen LogP contribution in [0.1, 0.15) is 0 Å². The molecule has 3 aromatic heterocycles. The maximum Gasteiger partial charge on any atom is 0.160 e. The molecule has 0 saturated heterocycles. The normalized spacial score (nSPS) is 11.5. The number of furan rings is 1. The second-order valence-corrected chi connectivity index (χ2v) is 11.5. The second-order valence-electron chi connectivity index (χ2n) is 11.5. The van der Waals surface area contributed by atoms with E-state index in [9.17, 15) is 0 Å². The van der Waals surface area contributed by atoms with E-state index in [1.165, 1.54) is 27.4 Å². The third kappa shape index (κ3) is 4.47. The maximum absolute atomic E-state index is 6.27. The number of benzene rings is 6. The Morgan fingerprint density at radius 3 is 1.72 bits per heavy atom. The molecule has 0 aliphatic carbocycles. The fourth-order valence-corrected chi connectivity index (χ4v) is 6.38. The Morgan fingerprint density at radius 2 is 1.00 bits per heavy atom. The molecule has 0 radical (unpaired) electrons. The fourth-order valence-electron chi connectivity index (χ4n) is 6.38. The molecule has 0 spiro atoms. The van der Waals surface area contributed by atoms with Gasteiger partial charge in [-0.1, -0.05) is 109 Å². The summed E-state index contributed by atoms with van der Waals surface area (Å²) in [6.45, 7) is 0. The summed E-state index contributed by atoms with van der Waals surface area (Å²) in [7, 11) is 0. The highest BCUT2D eigenvalue weighted by Gasteiger charge is 2.16. The van der Waals surface area contributed by atoms with E-state index in [4.69, 9.17) is 14.4 Å². The van der Waals surface area contributed by atoms with Crippen LogP contribution in [0.3, 0.4) is 0 Å². The SMILES string of the molecule is c1ccc(-c2ccc(-c3cc(-c4cc5ccccc5o4)nc(-c4ccc(-n5c6ccccc6c6ccccc65)cc4)n3)cc2)cc1. The molecular formula is C42H27N3O. The molecular weight excluding hydrogens is 562 g/mol. The Hall–Kier alpha value is -6.26. The number of nitrogens with zero attached hydrogens (tertiary/aromatic N) is 3. The van der Waals surface area contributed by atoms with Crippen molar-refractivity contribution in [2.24, 2.45) is 0 Å². The van der Waals surface area contributed by atoms with Crippen LogP contribution in [0.25, 0.3) is 83.7 Å². The van der Waals surface area contributed by atoms with Gasteiger partial charge in [0.15, 0.2) is 11.6 Å². The zero-order valence-corrected chi connectivity index (χ0v) is 24.8. The van der Waals surface area contributed by atoms with Crippen molar-refractivity contribution < 1.29 is 4.42 Å². The minimum Gasteiger partial charge on any atom is -0.454 e. The Balaban J connectivity index is 1.16. The topological polar surface area (TPSA) is 43.9 Å². The van der Waals surface area contributed by atoms with Crippen LogP contribution in [-0.4, -0.2) is 14.5 Å². The quantitative estimate of drug-likeness (QED) is 0.201. The Morgan fingerprint density at radius 1 is 0.435 bits per heavy atom. The van der Waals surface area contributed by atoms with Crippen LogP contribution in [0.5, 0.6) is 0 Å². The molecule has 9 aromatic rings. The van der Waals surface area contributed by atoms with Gasteiger partial charge in [-0.25, -0.2) is 9.97 Å². The van der Waals surface area contributed by atoms with Gasteiger partial charge in [0, 0.05) is 33.0 Å². The van der Waals surface area contributed by atoms with Crippen molar-refractivity contribution in [3.05, 3.63) is 164 Å². The molecule has 0 saturated carbocycles. The van der Waals surface area contributed by atoms with E-state index in [-0.39, 0.29) is 0 Å². The Kier molecular flexibility index (Phi) is 6.10. The van der Waals surface area contributed by atoms with E-state index in [1.54, 1.807) is 0 Å². The monoisotopic (exact) mass is 589 g/mol. The van der Waals surface area contributed by atoms with Gasteiger partial charge in [0.2, 0.25) is 0 Å². The van der Waals surface area contributed by atoms with E-state index in [0.29, 0.717) is 11.6 Å². The lowest BCUT2D eigenvalue weighted by Gasteiger charge is -2.11. The van der Waals surface area contributed by atoms with E-state index >= 15 is 0 Å². The van der Waals surface area contributed by atoms with Crippen LogP contribution in [-0.2, 0) is 0 Å². The van der Waals surface area contributed by atoms with Gasteiger partial charge in [-0.2, -0.15) is 0 Å². The number of rotatable bonds is 5. The summed E-state index contributed by atoms with van der Waals surface area (Å²) in [5.41, 5.74) is 10.2. The molecule has 3 heterocycles. The van der Waals surface area contributed by atoms with Crippen LogP contribution < -0.4 is 0 Å². The van der Waals surface area contributed by atoms with Gasteiger partial charge in [-0.3, -0.25) is 0 Å². The highest BCUT2D eigenvalue weighted by molar-refractivity contribution is 6.09. The first-order valence-corrected chi connectivity index (χ1v) is 15.4. The minimum absolute atomic E-state index is 0.647. The largest absolute Gasteiger partial charge is 0.454 e. The van der Waals surface area contributed by atoms with Crippen molar-refractivity contribution in [2.45, 2.75) is 0 Å². The molecule has 0 aliphatic rings. The smallest absolute Gasteiger partial charge is 0.160 e. The van der Waals surface area contributed by atoms with Gasteiger partial charge in [0.1, 0.15) is 11.3 Å². The van der Waals surface area contributed by atoms with E-state index in [0.717, 1.165) is 44.7 Å². The molecule has 0 amide bonds. The van der Waals surface area contributed by atoms with Gasteiger partial charge in [-0.05, 0) is 65.7 Å². The van der Waals surface area contributed by atoms with Crippen molar-refractivity contribution in [2.75, 3.05) is 0 Å². The molecule has 6 aromatic carbocycles. The van der Waals surface area contributed by atoms with Crippen LogP contribution in [0, 0.1) is 0 Å². The molecule has 9 rings (SSSR count). The molecule has 0 unspecified atom stereocenters. The average molecular weight is 590 g/mol. The summed E-state index contributed by atoms with van der Waals surface area (Å²) in [5.74, 6) is 1.36. The number of aromatic nitrogens is 3. The molecule has 0 atom stereocenters. The molecule has 46 heavy (non-hydrogen) atoms. The van der Waals surface area contributed by atoms with Crippen LogP contribution in [0.15, 0.2) is 168 Å². The highest BCUT2D eigenvalue weighted by Crippen LogP contribution is 2.34. The standard InChI is InChI=1S/C42H27N3O/c1-2-10-28(11-3-1)29-18-20-30(21-19-29)36-27-37(41-26-32-12-4-9-17-40(32)46-41)44-42(43-36)31-22-24-33(25-23-31)45-38-15-7-5-13-34(38)35-14-6-8-16-39(35)45/h1-27H. The third-order valence-corrected chi connectivity index (χ3v) is 8.66. The predicted molar refractivity (Wildman–Crippen MR) is 188 cm³/mol. The van der Waals surface area contributed by atoms with Gasteiger partial charge >= 0.3 is 0 Å². The number of fused-ring (bicyclic) bond motifs is 4. The second kappa shape index (κ2) is 10.7. The number of hydrogen-bond donors (Lipinski definition) is 0. The van der Waals surface area contributed by atoms with Gasteiger partial charge in [-0.15, -0.1) is 0 Å². The summed E-state index contributed by atoms with van der Waals surface area (Å²) < 4.78 is 8.59. The maximum atomic E-state index is 6.27. The molecule has 0 aliphatic heterocycles. The van der Waals surface area contributed by atoms with Crippen molar-refractivity contribution in [1.29, 1.82) is 0 Å². The molecule has 0 fully saturated rings. The zero-order chi connectivity index (χ0) is 30.5. The average Bonchev–Trinajstić information content (AvgIpc) is 3.72. The summed E-state index contributed by atoms with van der Waals surface area (Å²) in [6, 6.07) is 56.7. The fraction of sp³-hybridized carbons (Fsp3) is 0. The minimum atomic E-state index is 0.647. The number of para-hydroxylation sites is 3. The third-order valence-electron chi connectivity index (χ3n) is 8.66. The van der Waals surface area contributed by atoms with Crippen molar-refractivity contribution in [3.8, 4) is 50.9 Å². The summed E-state index contributed by atoms with van der Waals surface area (Å²) >= 11 is 0. The first kappa shape index (κ1) is 26.2.